The van der Waals surface area contributed by atoms with E-state index in [0.717, 1.165) is 16.5 Å². The molecule has 4 nitrogen and oxygen atoms in total. The molecular formula is C13H12ClN3O. The first-order chi connectivity index (χ1) is 8.56. The highest BCUT2D eigenvalue weighted by atomic mass is 35.5. The maximum Gasteiger partial charge on any atom is 0.236 e. The van der Waals surface area contributed by atoms with E-state index in [9.17, 15) is 4.79 Å². The predicted octanol–water partition coefficient (Wildman–Crippen LogP) is 2.67. The molecule has 2 rings (SSSR count). The van der Waals surface area contributed by atoms with Gasteiger partial charge in [-0.3, -0.25) is 4.79 Å². The number of benzene rings is 1. The SMILES string of the molecule is CC(=O)N/N=C\c1cc2ccc(C)cc2nc1Cl. The molecule has 18 heavy (non-hydrogen) atoms. The number of nitrogens with zero attached hydrogens (tertiary/aromatic N) is 2. The van der Waals surface area contributed by atoms with Crippen molar-refractivity contribution in [1.82, 2.24) is 10.4 Å². The van der Waals surface area contributed by atoms with E-state index in [-0.39, 0.29) is 5.91 Å². The third kappa shape index (κ3) is 2.84. The summed E-state index contributed by atoms with van der Waals surface area (Å²) in [5, 5.41) is 5.12. The van der Waals surface area contributed by atoms with Gasteiger partial charge in [-0.2, -0.15) is 5.10 Å². The average Bonchev–Trinajstić information content (AvgIpc) is 2.29. The van der Waals surface area contributed by atoms with Gasteiger partial charge in [0.1, 0.15) is 5.15 Å². The van der Waals surface area contributed by atoms with E-state index in [0.29, 0.717) is 10.7 Å². The number of hydrogen-bond acceptors (Lipinski definition) is 3. The van der Waals surface area contributed by atoms with Crippen molar-refractivity contribution in [3.63, 3.8) is 0 Å². The summed E-state index contributed by atoms with van der Waals surface area (Å²) in [6.07, 6.45) is 1.48. The standard InChI is InChI=1S/C13H12ClN3O/c1-8-3-4-10-6-11(7-15-17-9(2)18)13(14)16-12(10)5-8/h3-7H,1-2H3,(H,17,18)/b15-7-. The van der Waals surface area contributed by atoms with E-state index in [1.807, 2.05) is 31.2 Å². The lowest BCUT2D eigenvalue weighted by atomic mass is 10.1. The normalized spacial score (nSPS) is 11.1. The molecule has 1 N–H and O–H groups in total. The number of carbonyl (C=O) groups is 1. The molecular weight excluding hydrogens is 250 g/mol. The molecule has 1 heterocycles. The largest absolute Gasteiger partial charge is 0.274 e. The van der Waals surface area contributed by atoms with Crippen LogP contribution in [0.2, 0.25) is 5.15 Å². The first kappa shape index (κ1) is 12.5. The number of carbonyl (C=O) groups excluding carboxylic acids is 1. The van der Waals surface area contributed by atoms with Crippen LogP contribution in [0, 0.1) is 6.92 Å². The van der Waals surface area contributed by atoms with Crippen molar-refractivity contribution < 1.29 is 4.79 Å². The Morgan fingerprint density at radius 2 is 2.22 bits per heavy atom. The molecule has 0 aliphatic carbocycles. The van der Waals surface area contributed by atoms with Crippen molar-refractivity contribution in [2.45, 2.75) is 13.8 Å². The molecule has 1 amide bonds. The Morgan fingerprint density at radius 1 is 1.44 bits per heavy atom. The van der Waals surface area contributed by atoms with Crippen molar-refractivity contribution in [1.29, 1.82) is 0 Å². The first-order valence-electron chi connectivity index (χ1n) is 5.43. The van der Waals surface area contributed by atoms with Gasteiger partial charge in [0, 0.05) is 17.9 Å². The van der Waals surface area contributed by atoms with E-state index >= 15 is 0 Å². The molecule has 92 valence electrons. The van der Waals surface area contributed by atoms with Crippen molar-refractivity contribution in [2.75, 3.05) is 0 Å². The Bertz CT molecular complexity index is 637. The summed E-state index contributed by atoms with van der Waals surface area (Å²) in [5.41, 5.74) is 4.97. The van der Waals surface area contributed by atoms with E-state index in [4.69, 9.17) is 11.6 Å². The summed E-state index contributed by atoms with van der Waals surface area (Å²) in [6, 6.07) is 7.84. The molecule has 0 unspecified atom stereocenters. The maximum atomic E-state index is 10.7. The lowest BCUT2D eigenvalue weighted by Gasteiger charge is -2.02. The van der Waals surface area contributed by atoms with Gasteiger partial charge in [0.05, 0.1) is 11.7 Å². The van der Waals surface area contributed by atoms with Crippen LogP contribution in [-0.2, 0) is 4.79 Å². The highest BCUT2D eigenvalue weighted by Crippen LogP contribution is 2.20. The van der Waals surface area contributed by atoms with E-state index in [1.165, 1.54) is 13.1 Å². The number of hydrazone groups is 1. The zero-order valence-electron chi connectivity index (χ0n) is 10.1. The summed E-state index contributed by atoms with van der Waals surface area (Å²) in [5.74, 6) is -0.230. The average molecular weight is 262 g/mol. The number of halogens is 1. The van der Waals surface area contributed by atoms with Gasteiger partial charge < -0.3 is 0 Å². The summed E-state index contributed by atoms with van der Waals surface area (Å²) >= 11 is 6.06. The minimum Gasteiger partial charge on any atom is -0.274 e. The molecule has 0 atom stereocenters. The lowest BCUT2D eigenvalue weighted by molar-refractivity contribution is -0.118. The van der Waals surface area contributed by atoms with Gasteiger partial charge in [0.2, 0.25) is 5.91 Å². The number of pyridine rings is 1. The monoisotopic (exact) mass is 261 g/mol. The summed E-state index contributed by atoms with van der Waals surface area (Å²) in [7, 11) is 0. The zero-order valence-corrected chi connectivity index (χ0v) is 10.8. The van der Waals surface area contributed by atoms with Crippen LogP contribution in [0.3, 0.4) is 0 Å². The molecule has 0 aliphatic rings. The first-order valence-corrected chi connectivity index (χ1v) is 5.80. The molecule has 0 aliphatic heterocycles. The van der Waals surface area contributed by atoms with Gasteiger partial charge in [-0.25, -0.2) is 10.4 Å². The van der Waals surface area contributed by atoms with Crippen LogP contribution < -0.4 is 5.43 Å². The van der Waals surface area contributed by atoms with Crippen LogP contribution in [0.1, 0.15) is 18.1 Å². The number of fused-ring (bicyclic) bond motifs is 1. The Hall–Kier alpha value is -1.94. The number of aromatic nitrogens is 1. The van der Waals surface area contributed by atoms with Crippen molar-refractivity contribution in [3.05, 3.63) is 40.5 Å². The molecule has 0 bridgehead atoms. The second-order valence-electron chi connectivity index (χ2n) is 3.99. The Labute approximate surface area is 110 Å². The van der Waals surface area contributed by atoms with Crippen LogP contribution in [0.15, 0.2) is 29.4 Å². The molecule has 2 aromatic rings. The number of rotatable bonds is 2. The Morgan fingerprint density at radius 3 is 2.94 bits per heavy atom. The maximum absolute atomic E-state index is 10.7. The van der Waals surface area contributed by atoms with Crippen LogP contribution in [0.5, 0.6) is 0 Å². The number of amides is 1. The van der Waals surface area contributed by atoms with Crippen LogP contribution >= 0.6 is 11.6 Å². The smallest absolute Gasteiger partial charge is 0.236 e. The van der Waals surface area contributed by atoms with Crippen molar-refractivity contribution in [3.8, 4) is 0 Å². The van der Waals surface area contributed by atoms with Crippen molar-refractivity contribution >= 4 is 34.6 Å². The zero-order chi connectivity index (χ0) is 13.1. The third-order valence-corrected chi connectivity index (χ3v) is 2.68. The van der Waals surface area contributed by atoms with E-state index in [1.54, 1.807) is 0 Å². The van der Waals surface area contributed by atoms with Crippen LogP contribution in [0.25, 0.3) is 10.9 Å². The Kier molecular flexibility index (Phi) is 3.58. The second-order valence-corrected chi connectivity index (χ2v) is 4.35. The van der Waals surface area contributed by atoms with Gasteiger partial charge in [-0.05, 0) is 24.6 Å². The molecule has 0 spiro atoms. The fraction of sp³-hybridized carbons (Fsp3) is 0.154. The fourth-order valence-electron chi connectivity index (χ4n) is 1.55. The molecule has 1 aromatic carbocycles. The lowest BCUT2D eigenvalue weighted by Crippen LogP contribution is -2.12. The van der Waals surface area contributed by atoms with Gasteiger partial charge in [0.25, 0.3) is 0 Å². The third-order valence-electron chi connectivity index (χ3n) is 2.38. The van der Waals surface area contributed by atoms with Gasteiger partial charge in [-0.15, -0.1) is 0 Å². The highest BCUT2D eigenvalue weighted by molar-refractivity contribution is 6.32. The van der Waals surface area contributed by atoms with Gasteiger partial charge in [0.15, 0.2) is 0 Å². The summed E-state index contributed by atoms with van der Waals surface area (Å²) in [6.45, 7) is 3.39. The minimum atomic E-state index is -0.230. The van der Waals surface area contributed by atoms with Gasteiger partial charge >= 0.3 is 0 Å². The highest BCUT2D eigenvalue weighted by Gasteiger charge is 2.03. The number of hydrogen-bond donors (Lipinski definition) is 1. The second kappa shape index (κ2) is 5.14. The molecule has 1 aromatic heterocycles. The number of aryl methyl sites for hydroxylation is 1. The van der Waals surface area contributed by atoms with Crippen LogP contribution in [0.4, 0.5) is 0 Å². The fourth-order valence-corrected chi connectivity index (χ4v) is 1.75. The van der Waals surface area contributed by atoms with E-state index in [2.05, 4.69) is 15.5 Å². The summed E-state index contributed by atoms with van der Waals surface area (Å²) in [4.78, 5) is 15.0. The van der Waals surface area contributed by atoms with E-state index < -0.39 is 0 Å². The Balaban J connectivity index is 2.40. The molecule has 5 heteroatoms. The number of nitrogens with one attached hydrogen (secondary N) is 1. The van der Waals surface area contributed by atoms with Crippen LogP contribution in [-0.4, -0.2) is 17.1 Å². The molecule has 0 saturated carbocycles. The molecule has 0 fully saturated rings. The van der Waals surface area contributed by atoms with Gasteiger partial charge in [-0.1, -0.05) is 23.7 Å². The quantitative estimate of drug-likeness (QED) is 0.513. The predicted molar refractivity (Wildman–Crippen MR) is 72.9 cm³/mol. The minimum absolute atomic E-state index is 0.230. The molecule has 0 saturated heterocycles. The van der Waals surface area contributed by atoms with Crippen molar-refractivity contribution in [2.24, 2.45) is 5.10 Å². The topological polar surface area (TPSA) is 54.4 Å². The molecule has 0 radical (unpaired) electrons. The summed E-state index contributed by atoms with van der Waals surface area (Å²) < 4.78 is 0.